The molecule has 1 aromatic carbocycles. The minimum absolute atomic E-state index is 0.827. The van der Waals surface area contributed by atoms with Gasteiger partial charge in [-0.05, 0) is 62.9 Å². The van der Waals surface area contributed by atoms with E-state index in [-0.39, 0.29) is 0 Å². The average molecular weight is 272 g/mol. The maximum atomic E-state index is 3.63. The number of hydrogen-bond acceptors (Lipinski definition) is 2. The fourth-order valence-corrected chi connectivity index (χ4v) is 3.19. The van der Waals surface area contributed by atoms with E-state index in [1.807, 2.05) is 0 Å². The highest BCUT2D eigenvalue weighted by atomic mass is 15.1. The highest BCUT2D eigenvalue weighted by Gasteiger charge is 2.19. The summed E-state index contributed by atoms with van der Waals surface area (Å²) < 4.78 is 0. The Morgan fingerprint density at radius 3 is 2.35 bits per heavy atom. The molecule has 1 saturated heterocycles. The van der Waals surface area contributed by atoms with Crippen molar-refractivity contribution in [3.8, 4) is 0 Å². The summed E-state index contributed by atoms with van der Waals surface area (Å²) in [5.74, 6) is 0. The van der Waals surface area contributed by atoms with Crippen LogP contribution in [0, 0.1) is 0 Å². The van der Waals surface area contributed by atoms with Gasteiger partial charge in [0.2, 0.25) is 0 Å². The van der Waals surface area contributed by atoms with Crippen LogP contribution in [0.15, 0.2) is 24.3 Å². The summed E-state index contributed by atoms with van der Waals surface area (Å²) in [5, 5.41) is 3.63. The van der Waals surface area contributed by atoms with Crippen molar-refractivity contribution in [2.45, 2.75) is 57.5 Å². The molecule has 1 saturated carbocycles. The predicted molar refractivity (Wildman–Crippen MR) is 84.9 cm³/mol. The molecule has 2 heteroatoms. The van der Waals surface area contributed by atoms with Crippen LogP contribution in [0.4, 0.5) is 0 Å². The lowest BCUT2D eigenvalue weighted by molar-refractivity contribution is 0.276. The van der Waals surface area contributed by atoms with Crippen molar-refractivity contribution in [3.63, 3.8) is 0 Å². The van der Waals surface area contributed by atoms with E-state index in [4.69, 9.17) is 0 Å². The number of nitrogens with one attached hydrogen (secondary N) is 1. The molecular formula is C18H28N2. The minimum atomic E-state index is 0.827. The second kappa shape index (κ2) is 7.24. The van der Waals surface area contributed by atoms with Crippen molar-refractivity contribution in [3.05, 3.63) is 35.4 Å². The molecule has 0 radical (unpaired) electrons. The molecule has 1 heterocycles. The third-order valence-corrected chi connectivity index (χ3v) is 4.62. The summed E-state index contributed by atoms with van der Waals surface area (Å²) in [6, 6.07) is 9.87. The molecule has 2 aliphatic rings. The Bertz CT molecular complexity index is 404. The molecule has 0 atom stereocenters. The monoisotopic (exact) mass is 272 g/mol. The van der Waals surface area contributed by atoms with Crippen LogP contribution >= 0.6 is 0 Å². The summed E-state index contributed by atoms with van der Waals surface area (Å²) >= 11 is 0. The van der Waals surface area contributed by atoms with E-state index in [1.54, 1.807) is 11.1 Å². The van der Waals surface area contributed by atoms with E-state index in [0.29, 0.717) is 0 Å². The van der Waals surface area contributed by atoms with Gasteiger partial charge in [0.15, 0.2) is 0 Å². The van der Waals surface area contributed by atoms with Gasteiger partial charge >= 0.3 is 0 Å². The van der Waals surface area contributed by atoms with Crippen molar-refractivity contribution in [2.75, 3.05) is 19.6 Å². The third kappa shape index (κ3) is 4.32. The lowest BCUT2D eigenvalue weighted by Crippen LogP contribution is -2.25. The van der Waals surface area contributed by atoms with Crippen LogP contribution in [0.25, 0.3) is 0 Å². The first kappa shape index (κ1) is 14.1. The molecule has 110 valence electrons. The first-order chi connectivity index (χ1) is 9.92. The fraction of sp³-hybridized carbons (Fsp3) is 0.667. The maximum absolute atomic E-state index is 3.63. The molecule has 0 aromatic heterocycles. The average Bonchev–Trinajstić information content (AvgIpc) is 3.28. The van der Waals surface area contributed by atoms with Gasteiger partial charge in [0.25, 0.3) is 0 Å². The molecule has 0 spiro atoms. The number of rotatable bonds is 6. The largest absolute Gasteiger partial charge is 0.314 e. The molecule has 20 heavy (non-hydrogen) atoms. The quantitative estimate of drug-likeness (QED) is 0.854. The Hall–Kier alpha value is -0.860. The second-order valence-corrected chi connectivity index (χ2v) is 6.44. The van der Waals surface area contributed by atoms with E-state index >= 15 is 0 Å². The molecule has 0 amide bonds. The van der Waals surface area contributed by atoms with Crippen LogP contribution in [-0.2, 0) is 13.0 Å². The summed E-state index contributed by atoms with van der Waals surface area (Å²) in [6.45, 7) is 4.87. The van der Waals surface area contributed by atoms with Gasteiger partial charge in [0.1, 0.15) is 0 Å². The second-order valence-electron chi connectivity index (χ2n) is 6.44. The summed E-state index contributed by atoms with van der Waals surface area (Å²) in [6.07, 6.45) is 9.55. The van der Waals surface area contributed by atoms with Crippen LogP contribution in [-0.4, -0.2) is 30.6 Å². The number of hydrogen-bond donors (Lipinski definition) is 1. The first-order valence-electron chi connectivity index (χ1n) is 8.44. The molecule has 3 rings (SSSR count). The standard InChI is InChI=1S/C18H28N2/c1-2-6-14-20(13-5-1)15-17-8-4-3-7-16(17)11-12-19-18-9-10-18/h3-4,7-8,18-19H,1-2,5-6,9-15H2. The zero-order valence-electron chi connectivity index (χ0n) is 12.6. The van der Waals surface area contributed by atoms with Crippen molar-refractivity contribution >= 4 is 0 Å². The van der Waals surface area contributed by atoms with Gasteiger partial charge in [-0.3, -0.25) is 4.90 Å². The molecule has 0 bridgehead atoms. The Balaban J connectivity index is 1.55. The highest BCUT2D eigenvalue weighted by Crippen LogP contribution is 2.19. The third-order valence-electron chi connectivity index (χ3n) is 4.62. The smallest absolute Gasteiger partial charge is 0.0236 e. The van der Waals surface area contributed by atoms with Gasteiger partial charge in [-0.25, -0.2) is 0 Å². The van der Waals surface area contributed by atoms with Crippen LogP contribution in [0.1, 0.15) is 49.7 Å². The predicted octanol–water partition coefficient (Wildman–Crippen LogP) is 3.36. The molecule has 1 aliphatic carbocycles. The first-order valence-corrected chi connectivity index (χ1v) is 8.44. The molecule has 2 nitrogen and oxygen atoms in total. The van der Waals surface area contributed by atoms with E-state index in [2.05, 4.69) is 34.5 Å². The lowest BCUT2D eigenvalue weighted by atomic mass is 10.0. The fourth-order valence-electron chi connectivity index (χ4n) is 3.19. The topological polar surface area (TPSA) is 15.3 Å². The Kier molecular flexibility index (Phi) is 5.10. The van der Waals surface area contributed by atoms with Crippen molar-refractivity contribution < 1.29 is 0 Å². The molecule has 2 fully saturated rings. The van der Waals surface area contributed by atoms with Crippen molar-refractivity contribution in [2.24, 2.45) is 0 Å². The van der Waals surface area contributed by atoms with E-state index < -0.39 is 0 Å². The minimum Gasteiger partial charge on any atom is -0.314 e. The van der Waals surface area contributed by atoms with Gasteiger partial charge < -0.3 is 5.32 Å². The van der Waals surface area contributed by atoms with Crippen LogP contribution in [0.5, 0.6) is 0 Å². The van der Waals surface area contributed by atoms with Gasteiger partial charge in [-0.2, -0.15) is 0 Å². The molecule has 1 aromatic rings. The van der Waals surface area contributed by atoms with E-state index in [0.717, 1.165) is 19.1 Å². The van der Waals surface area contributed by atoms with Gasteiger partial charge in [-0.15, -0.1) is 0 Å². The molecular weight excluding hydrogens is 244 g/mol. The zero-order chi connectivity index (χ0) is 13.6. The van der Waals surface area contributed by atoms with Gasteiger partial charge in [0.05, 0.1) is 0 Å². The van der Waals surface area contributed by atoms with Crippen LogP contribution in [0.3, 0.4) is 0 Å². The maximum Gasteiger partial charge on any atom is 0.0236 e. The molecule has 1 aliphatic heterocycles. The normalized spacial score (nSPS) is 20.8. The van der Waals surface area contributed by atoms with Gasteiger partial charge in [0, 0.05) is 12.6 Å². The number of benzene rings is 1. The molecule has 1 N–H and O–H groups in total. The van der Waals surface area contributed by atoms with E-state index in [1.165, 1.54) is 58.0 Å². The van der Waals surface area contributed by atoms with Gasteiger partial charge in [-0.1, -0.05) is 37.1 Å². The summed E-state index contributed by atoms with van der Waals surface area (Å²) in [4.78, 5) is 2.65. The van der Waals surface area contributed by atoms with E-state index in [9.17, 15) is 0 Å². The number of nitrogens with zero attached hydrogens (tertiary/aromatic N) is 1. The highest BCUT2D eigenvalue weighted by molar-refractivity contribution is 5.27. The summed E-state index contributed by atoms with van der Waals surface area (Å²) in [5.41, 5.74) is 3.09. The molecule has 0 unspecified atom stereocenters. The zero-order valence-corrected chi connectivity index (χ0v) is 12.6. The Labute approximate surface area is 123 Å². The van der Waals surface area contributed by atoms with Crippen molar-refractivity contribution in [1.29, 1.82) is 0 Å². The lowest BCUT2D eigenvalue weighted by Gasteiger charge is -2.21. The van der Waals surface area contributed by atoms with Crippen LogP contribution < -0.4 is 5.32 Å². The van der Waals surface area contributed by atoms with Crippen LogP contribution in [0.2, 0.25) is 0 Å². The Morgan fingerprint density at radius 2 is 1.65 bits per heavy atom. The number of likely N-dealkylation sites (tertiary alicyclic amines) is 1. The summed E-state index contributed by atoms with van der Waals surface area (Å²) in [7, 11) is 0. The van der Waals surface area contributed by atoms with Crippen molar-refractivity contribution in [1.82, 2.24) is 10.2 Å². The Morgan fingerprint density at radius 1 is 0.950 bits per heavy atom. The SMILES string of the molecule is c1ccc(CN2CCCCCC2)c(CCNC2CC2)c1.